The molecule has 2 aliphatic heterocycles. The predicted octanol–water partition coefficient (Wildman–Crippen LogP) is 6.96. The molecule has 46 heavy (non-hydrogen) atoms. The molecule has 0 saturated carbocycles. The van der Waals surface area contributed by atoms with Crippen molar-refractivity contribution in [3.8, 4) is 33.8 Å². The number of benzene rings is 1. The first-order valence-electron chi connectivity index (χ1n) is 15.6. The highest BCUT2D eigenvalue weighted by molar-refractivity contribution is 5.82. The van der Waals surface area contributed by atoms with Gasteiger partial charge in [0.05, 0.1) is 46.4 Å². The molecule has 0 spiro atoms. The van der Waals surface area contributed by atoms with Gasteiger partial charge in [0.2, 0.25) is 0 Å². The number of ether oxygens (including phenoxy) is 1. The van der Waals surface area contributed by atoms with Crippen LogP contribution in [0.25, 0.3) is 44.8 Å². The van der Waals surface area contributed by atoms with Crippen LogP contribution in [0.2, 0.25) is 0 Å². The smallest absolute Gasteiger partial charge is 0.410 e. The van der Waals surface area contributed by atoms with Gasteiger partial charge < -0.3 is 19.8 Å². The Morgan fingerprint density at radius 3 is 2.13 bits per heavy atom. The van der Waals surface area contributed by atoms with E-state index in [0.717, 1.165) is 76.3 Å². The van der Waals surface area contributed by atoms with Gasteiger partial charge in [0.25, 0.3) is 0 Å². The second kappa shape index (κ2) is 11.6. The maximum Gasteiger partial charge on any atom is 0.410 e. The van der Waals surface area contributed by atoms with Crippen molar-refractivity contribution in [3.63, 3.8) is 0 Å². The minimum atomic E-state index is -0.922. The molecule has 12 nitrogen and oxygen atoms in total. The van der Waals surface area contributed by atoms with Crippen LogP contribution in [0, 0.1) is 0 Å². The third-order valence-electron chi connectivity index (χ3n) is 8.54. The third-order valence-corrected chi connectivity index (χ3v) is 8.54. The normalized spacial score (nSPS) is 18.4. The number of carbonyl (C=O) groups excluding carboxylic acids is 1. The molecule has 0 bridgehead atoms. The molecule has 5 aromatic rings. The van der Waals surface area contributed by atoms with Gasteiger partial charge in [-0.15, -0.1) is 0 Å². The molecule has 2 atom stereocenters. The zero-order valence-corrected chi connectivity index (χ0v) is 26.0. The highest BCUT2D eigenvalue weighted by Crippen LogP contribution is 2.34. The van der Waals surface area contributed by atoms with Crippen LogP contribution in [0.15, 0.2) is 61.1 Å². The number of hydrogen-bond donors (Lipinski definition) is 3. The number of fused-ring (bicyclic) bond motifs is 1. The highest BCUT2D eigenvalue weighted by atomic mass is 16.6. The molecule has 236 valence electrons. The van der Waals surface area contributed by atoms with Gasteiger partial charge >= 0.3 is 12.2 Å². The number of carboxylic acid groups (broad SMARTS) is 1. The van der Waals surface area contributed by atoms with Gasteiger partial charge in [0, 0.05) is 42.2 Å². The molecular formula is C34H36N8O4. The molecule has 2 fully saturated rings. The summed E-state index contributed by atoms with van der Waals surface area (Å²) >= 11 is 0. The third kappa shape index (κ3) is 5.78. The van der Waals surface area contributed by atoms with E-state index in [1.807, 2.05) is 69.4 Å². The quantitative estimate of drug-likeness (QED) is 0.191. The SMILES string of the molecule is CC(C)(C)OC(=O)N1CCC[C@H]1c1nc2cc(-c3ccc(-c4ccc(-c5cnc([C@@H]6CCCN6C(=O)O)[nH]5)cn4)cn3)ccc2[nH]1. The summed E-state index contributed by atoms with van der Waals surface area (Å²) in [5.74, 6) is 1.42. The standard InChI is InChI=1S/C34H36N8O4/c1-34(2,3)46-33(45)42-15-5-7-29(42)31-38-25-13-8-20(16-26(25)39-31)23-11-9-21(17-35-23)24-12-10-22(18-36-24)27-19-37-30(40-27)28-6-4-14-41(28)32(43)44/h8-13,16-19,28-29H,4-7,14-15H2,1-3H3,(H,37,40)(H,38,39)(H,43,44)/t28-,29-/m0/s1. The molecule has 2 amide bonds. The van der Waals surface area contributed by atoms with Crippen LogP contribution in [-0.4, -0.2) is 75.7 Å². The van der Waals surface area contributed by atoms with Crippen LogP contribution in [0.1, 0.15) is 70.2 Å². The van der Waals surface area contributed by atoms with Crippen LogP contribution in [0.5, 0.6) is 0 Å². The Morgan fingerprint density at radius 1 is 0.804 bits per heavy atom. The fraction of sp³-hybridized carbons (Fsp3) is 0.353. The molecule has 3 N–H and O–H groups in total. The van der Waals surface area contributed by atoms with Crippen molar-refractivity contribution in [1.29, 1.82) is 0 Å². The summed E-state index contributed by atoms with van der Waals surface area (Å²) in [6, 6.07) is 13.5. The van der Waals surface area contributed by atoms with E-state index >= 15 is 0 Å². The van der Waals surface area contributed by atoms with Crippen molar-refractivity contribution < 1.29 is 19.4 Å². The molecule has 4 aromatic heterocycles. The zero-order chi connectivity index (χ0) is 32.0. The van der Waals surface area contributed by atoms with E-state index in [0.29, 0.717) is 18.9 Å². The Hall–Kier alpha value is -5.26. The van der Waals surface area contributed by atoms with Crippen molar-refractivity contribution in [2.24, 2.45) is 0 Å². The van der Waals surface area contributed by atoms with Crippen LogP contribution in [0.4, 0.5) is 9.59 Å². The summed E-state index contributed by atoms with van der Waals surface area (Å²) in [5.41, 5.74) is 6.25. The van der Waals surface area contributed by atoms with Crippen molar-refractivity contribution in [3.05, 3.63) is 72.7 Å². The van der Waals surface area contributed by atoms with Crippen molar-refractivity contribution in [2.45, 2.75) is 64.1 Å². The zero-order valence-electron chi connectivity index (χ0n) is 26.0. The number of likely N-dealkylation sites (tertiary alicyclic amines) is 2. The number of imidazole rings is 2. The number of rotatable bonds is 5. The number of amides is 2. The van der Waals surface area contributed by atoms with Crippen LogP contribution in [0.3, 0.4) is 0 Å². The summed E-state index contributed by atoms with van der Waals surface area (Å²) in [5, 5.41) is 9.47. The van der Waals surface area contributed by atoms with Crippen LogP contribution in [-0.2, 0) is 4.74 Å². The van der Waals surface area contributed by atoms with E-state index < -0.39 is 11.7 Å². The first-order chi connectivity index (χ1) is 22.1. The van der Waals surface area contributed by atoms with E-state index in [1.165, 1.54) is 4.90 Å². The van der Waals surface area contributed by atoms with Gasteiger partial charge in [-0.05, 0) is 82.9 Å². The Kier molecular flexibility index (Phi) is 7.42. The molecule has 2 aliphatic rings. The van der Waals surface area contributed by atoms with E-state index in [4.69, 9.17) is 14.7 Å². The Bertz CT molecular complexity index is 1890. The summed E-state index contributed by atoms with van der Waals surface area (Å²) in [4.78, 5) is 53.0. The second-order valence-corrected chi connectivity index (χ2v) is 12.9. The van der Waals surface area contributed by atoms with Crippen molar-refractivity contribution >= 4 is 23.2 Å². The minimum absolute atomic E-state index is 0.146. The number of aromatic nitrogens is 6. The summed E-state index contributed by atoms with van der Waals surface area (Å²) < 4.78 is 5.63. The van der Waals surface area contributed by atoms with E-state index in [9.17, 15) is 14.7 Å². The average molecular weight is 621 g/mol. The number of pyridine rings is 2. The lowest BCUT2D eigenvalue weighted by atomic mass is 10.1. The van der Waals surface area contributed by atoms with E-state index in [-0.39, 0.29) is 18.2 Å². The summed E-state index contributed by atoms with van der Waals surface area (Å²) in [6.07, 6.45) is 7.39. The van der Waals surface area contributed by atoms with E-state index in [1.54, 1.807) is 17.3 Å². The molecule has 7 rings (SSSR count). The average Bonchev–Trinajstić information content (AvgIpc) is 3.85. The molecular weight excluding hydrogens is 584 g/mol. The lowest BCUT2D eigenvalue weighted by Gasteiger charge is -2.27. The number of hydrogen-bond acceptors (Lipinski definition) is 7. The van der Waals surface area contributed by atoms with Gasteiger partial charge in [0.15, 0.2) is 0 Å². The number of nitrogens with zero attached hydrogens (tertiary/aromatic N) is 6. The second-order valence-electron chi connectivity index (χ2n) is 12.9. The maximum absolute atomic E-state index is 12.8. The molecule has 0 radical (unpaired) electrons. The highest BCUT2D eigenvalue weighted by Gasteiger charge is 2.35. The number of carbonyl (C=O) groups is 2. The Morgan fingerprint density at radius 2 is 1.46 bits per heavy atom. The molecule has 1 aromatic carbocycles. The predicted molar refractivity (Wildman–Crippen MR) is 172 cm³/mol. The summed E-state index contributed by atoms with van der Waals surface area (Å²) in [7, 11) is 0. The fourth-order valence-corrected chi connectivity index (χ4v) is 6.31. The lowest BCUT2D eigenvalue weighted by Crippen LogP contribution is -2.36. The van der Waals surface area contributed by atoms with E-state index in [2.05, 4.69) is 19.9 Å². The summed E-state index contributed by atoms with van der Waals surface area (Å²) in [6.45, 7) is 6.79. The number of nitrogens with one attached hydrogen (secondary N) is 2. The Balaban J connectivity index is 1.05. The van der Waals surface area contributed by atoms with Crippen molar-refractivity contribution in [1.82, 2.24) is 39.7 Å². The van der Waals surface area contributed by atoms with Gasteiger partial charge in [-0.1, -0.05) is 6.07 Å². The lowest BCUT2D eigenvalue weighted by molar-refractivity contribution is 0.0219. The number of aromatic amines is 2. The minimum Gasteiger partial charge on any atom is -0.465 e. The largest absolute Gasteiger partial charge is 0.465 e. The molecule has 2 saturated heterocycles. The van der Waals surface area contributed by atoms with Gasteiger partial charge in [-0.2, -0.15) is 0 Å². The topological polar surface area (TPSA) is 153 Å². The van der Waals surface area contributed by atoms with Gasteiger partial charge in [-0.3, -0.25) is 19.8 Å². The first kappa shape index (κ1) is 29.5. The number of H-pyrrole nitrogens is 2. The molecule has 0 aliphatic carbocycles. The molecule has 6 heterocycles. The fourth-order valence-electron chi connectivity index (χ4n) is 6.31. The monoisotopic (exact) mass is 620 g/mol. The van der Waals surface area contributed by atoms with Gasteiger partial charge in [-0.25, -0.2) is 19.6 Å². The molecule has 0 unspecified atom stereocenters. The van der Waals surface area contributed by atoms with Crippen LogP contribution < -0.4 is 0 Å². The van der Waals surface area contributed by atoms with Gasteiger partial charge in [0.1, 0.15) is 17.2 Å². The molecule has 12 heteroatoms. The maximum atomic E-state index is 12.8. The van der Waals surface area contributed by atoms with Crippen molar-refractivity contribution in [2.75, 3.05) is 13.1 Å². The first-order valence-corrected chi connectivity index (χ1v) is 15.6. The Labute approximate surface area is 265 Å². The van der Waals surface area contributed by atoms with Crippen LogP contribution >= 0.6 is 0 Å².